The van der Waals surface area contributed by atoms with Gasteiger partial charge in [0.05, 0.1) is 6.61 Å². The van der Waals surface area contributed by atoms with E-state index in [1.807, 2.05) is 43.3 Å². The number of carbonyl (C=O) groups is 1. The zero-order chi connectivity index (χ0) is 15.9. The highest BCUT2D eigenvalue weighted by atomic mass is 32.1. The Morgan fingerprint density at radius 3 is 2.64 bits per heavy atom. The highest BCUT2D eigenvalue weighted by Gasteiger charge is 2.08. The molecule has 0 saturated carbocycles. The Labute approximate surface area is 135 Å². The van der Waals surface area contributed by atoms with Crippen LogP contribution in [0.3, 0.4) is 0 Å². The van der Waals surface area contributed by atoms with E-state index in [0.717, 1.165) is 10.8 Å². The Morgan fingerprint density at radius 2 is 1.91 bits per heavy atom. The maximum absolute atomic E-state index is 12.1. The molecule has 116 valence electrons. The second kappa shape index (κ2) is 7.72. The second-order valence-electron chi connectivity index (χ2n) is 4.97. The van der Waals surface area contributed by atoms with Gasteiger partial charge >= 0.3 is 0 Å². The first-order valence-electron chi connectivity index (χ1n) is 6.94. The highest BCUT2D eigenvalue weighted by molar-refractivity contribution is 7.80. The summed E-state index contributed by atoms with van der Waals surface area (Å²) in [5, 5.41) is 5.46. The Morgan fingerprint density at radius 1 is 1.18 bits per heavy atom. The molecule has 0 aromatic heterocycles. The molecule has 2 rings (SSSR count). The SMILES string of the molecule is COC[C@@H](C)NC(=S)NNC(=O)c1ccc2ccccc2c1. The lowest BCUT2D eigenvalue weighted by Gasteiger charge is -2.16. The fourth-order valence-corrected chi connectivity index (χ4v) is 2.32. The minimum absolute atomic E-state index is 0.0579. The van der Waals surface area contributed by atoms with Crippen molar-refractivity contribution in [3.8, 4) is 0 Å². The molecule has 3 N–H and O–H groups in total. The third kappa shape index (κ3) is 4.41. The van der Waals surface area contributed by atoms with Gasteiger partial charge in [0.15, 0.2) is 5.11 Å². The minimum Gasteiger partial charge on any atom is -0.383 e. The summed E-state index contributed by atoms with van der Waals surface area (Å²) in [5.74, 6) is -0.241. The number of carbonyl (C=O) groups excluding carboxylic acids is 1. The highest BCUT2D eigenvalue weighted by Crippen LogP contribution is 2.15. The molecule has 2 aromatic rings. The third-order valence-electron chi connectivity index (χ3n) is 3.10. The maximum atomic E-state index is 12.1. The van der Waals surface area contributed by atoms with Gasteiger partial charge in [-0.2, -0.15) is 0 Å². The van der Waals surface area contributed by atoms with E-state index in [2.05, 4.69) is 16.2 Å². The second-order valence-corrected chi connectivity index (χ2v) is 5.38. The number of rotatable bonds is 4. The molecule has 2 aromatic carbocycles. The molecular weight excluding hydrogens is 298 g/mol. The average Bonchev–Trinajstić information content (AvgIpc) is 2.52. The minimum atomic E-state index is -0.241. The summed E-state index contributed by atoms with van der Waals surface area (Å²) < 4.78 is 5.00. The summed E-state index contributed by atoms with van der Waals surface area (Å²) in [5.41, 5.74) is 5.83. The van der Waals surface area contributed by atoms with E-state index >= 15 is 0 Å². The number of thiocarbonyl (C=S) groups is 1. The van der Waals surface area contributed by atoms with Crippen LogP contribution in [-0.4, -0.2) is 30.8 Å². The fourth-order valence-electron chi connectivity index (χ4n) is 2.07. The zero-order valence-electron chi connectivity index (χ0n) is 12.6. The van der Waals surface area contributed by atoms with Crippen molar-refractivity contribution in [2.75, 3.05) is 13.7 Å². The number of ether oxygens (including phenoxy) is 1. The largest absolute Gasteiger partial charge is 0.383 e. The van der Waals surface area contributed by atoms with Crippen LogP contribution in [0.5, 0.6) is 0 Å². The lowest BCUT2D eigenvalue weighted by Crippen LogP contribution is -2.49. The van der Waals surface area contributed by atoms with E-state index in [9.17, 15) is 4.79 Å². The third-order valence-corrected chi connectivity index (χ3v) is 3.32. The van der Waals surface area contributed by atoms with Crippen LogP contribution in [0.4, 0.5) is 0 Å². The van der Waals surface area contributed by atoms with E-state index < -0.39 is 0 Å². The Balaban J connectivity index is 1.92. The monoisotopic (exact) mass is 317 g/mol. The van der Waals surface area contributed by atoms with Crippen LogP contribution in [-0.2, 0) is 4.74 Å². The van der Waals surface area contributed by atoms with Gasteiger partial charge in [0.25, 0.3) is 5.91 Å². The quantitative estimate of drug-likeness (QED) is 0.594. The Kier molecular flexibility index (Phi) is 5.68. The molecule has 1 amide bonds. The summed E-state index contributed by atoms with van der Waals surface area (Å²) in [4.78, 5) is 12.1. The number of fused-ring (bicyclic) bond motifs is 1. The van der Waals surface area contributed by atoms with Gasteiger partial charge in [-0.1, -0.05) is 30.3 Å². The molecule has 22 heavy (non-hydrogen) atoms. The molecule has 1 atom stereocenters. The van der Waals surface area contributed by atoms with E-state index in [-0.39, 0.29) is 11.9 Å². The van der Waals surface area contributed by atoms with Gasteiger partial charge in [-0.15, -0.1) is 0 Å². The molecule has 0 bridgehead atoms. The summed E-state index contributed by atoms with van der Waals surface area (Å²) in [7, 11) is 1.62. The molecule has 0 radical (unpaired) electrons. The van der Waals surface area contributed by atoms with E-state index in [4.69, 9.17) is 17.0 Å². The van der Waals surface area contributed by atoms with Gasteiger partial charge in [-0.05, 0) is 42.0 Å². The van der Waals surface area contributed by atoms with Crippen molar-refractivity contribution >= 4 is 34.0 Å². The Hall–Kier alpha value is -2.18. The molecule has 0 aliphatic heterocycles. The van der Waals surface area contributed by atoms with Crippen molar-refractivity contribution in [3.63, 3.8) is 0 Å². The van der Waals surface area contributed by atoms with E-state index in [1.54, 1.807) is 13.2 Å². The van der Waals surface area contributed by atoms with Crippen LogP contribution < -0.4 is 16.2 Å². The smallest absolute Gasteiger partial charge is 0.269 e. The van der Waals surface area contributed by atoms with Crippen LogP contribution in [0.2, 0.25) is 0 Å². The molecule has 0 unspecified atom stereocenters. The lowest BCUT2D eigenvalue weighted by atomic mass is 10.1. The summed E-state index contributed by atoms with van der Waals surface area (Å²) in [6, 6.07) is 13.5. The number of amides is 1. The van der Waals surface area contributed by atoms with E-state index in [1.165, 1.54) is 0 Å². The molecule has 6 heteroatoms. The van der Waals surface area contributed by atoms with E-state index in [0.29, 0.717) is 17.3 Å². The summed E-state index contributed by atoms with van der Waals surface area (Å²) in [6.07, 6.45) is 0. The molecule has 5 nitrogen and oxygen atoms in total. The van der Waals surface area contributed by atoms with Crippen LogP contribution in [0.25, 0.3) is 10.8 Å². The molecule has 0 fully saturated rings. The van der Waals surface area contributed by atoms with Gasteiger partial charge in [0.1, 0.15) is 0 Å². The van der Waals surface area contributed by atoms with Gasteiger partial charge < -0.3 is 10.1 Å². The molecule has 0 saturated heterocycles. The average molecular weight is 317 g/mol. The van der Waals surface area contributed by atoms with Gasteiger partial charge in [-0.3, -0.25) is 15.6 Å². The van der Waals surface area contributed by atoms with Crippen molar-refractivity contribution in [2.24, 2.45) is 0 Å². The van der Waals surface area contributed by atoms with Crippen LogP contribution in [0.15, 0.2) is 42.5 Å². The zero-order valence-corrected chi connectivity index (χ0v) is 13.4. The van der Waals surface area contributed by atoms with Gasteiger partial charge in [0.2, 0.25) is 0 Å². The molecule has 0 aliphatic rings. The first-order valence-corrected chi connectivity index (χ1v) is 7.35. The van der Waals surface area contributed by atoms with Crippen LogP contribution in [0.1, 0.15) is 17.3 Å². The standard InChI is InChI=1S/C16H19N3O2S/c1-11(10-21-2)17-16(22)19-18-15(20)14-8-7-12-5-3-4-6-13(12)9-14/h3-9,11H,10H2,1-2H3,(H,18,20)(H2,17,19,22)/t11-/m1/s1. The van der Waals surface area contributed by atoms with Crippen LogP contribution >= 0.6 is 12.2 Å². The molecule has 0 aliphatic carbocycles. The number of hydrogen-bond acceptors (Lipinski definition) is 3. The van der Waals surface area contributed by atoms with Crippen molar-refractivity contribution in [2.45, 2.75) is 13.0 Å². The fraction of sp³-hybridized carbons (Fsp3) is 0.250. The van der Waals surface area contributed by atoms with Gasteiger partial charge in [-0.25, -0.2) is 0 Å². The lowest BCUT2D eigenvalue weighted by molar-refractivity contribution is 0.0943. The Bertz CT molecular complexity index is 675. The number of nitrogens with one attached hydrogen (secondary N) is 3. The molecule has 0 heterocycles. The number of hydrazine groups is 1. The topological polar surface area (TPSA) is 62.4 Å². The first kappa shape index (κ1) is 16.2. The number of methoxy groups -OCH3 is 1. The normalized spacial score (nSPS) is 11.7. The molecular formula is C16H19N3O2S. The van der Waals surface area contributed by atoms with Crippen molar-refractivity contribution < 1.29 is 9.53 Å². The van der Waals surface area contributed by atoms with Crippen molar-refractivity contribution in [1.82, 2.24) is 16.2 Å². The van der Waals surface area contributed by atoms with Gasteiger partial charge in [0, 0.05) is 18.7 Å². The molecule has 0 spiro atoms. The maximum Gasteiger partial charge on any atom is 0.269 e. The first-order chi connectivity index (χ1) is 10.6. The predicted octanol–water partition coefficient (Wildman–Crippen LogP) is 1.98. The summed E-state index contributed by atoms with van der Waals surface area (Å²) >= 11 is 5.10. The van der Waals surface area contributed by atoms with Crippen molar-refractivity contribution in [1.29, 1.82) is 0 Å². The predicted molar refractivity (Wildman–Crippen MR) is 91.6 cm³/mol. The van der Waals surface area contributed by atoms with Crippen LogP contribution in [0, 0.1) is 0 Å². The van der Waals surface area contributed by atoms with Crippen molar-refractivity contribution in [3.05, 3.63) is 48.0 Å². The number of benzene rings is 2. The summed E-state index contributed by atoms with van der Waals surface area (Å²) in [6.45, 7) is 2.46. The number of hydrogen-bond donors (Lipinski definition) is 3.